The number of ether oxygens (including phenoxy) is 1. The molecule has 3 heteroatoms. The van der Waals surface area contributed by atoms with Crippen molar-refractivity contribution in [2.75, 3.05) is 6.61 Å². The van der Waals surface area contributed by atoms with Gasteiger partial charge in [-0.05, 0) is 31.8 Å². The lowest BCUT2D eigenvalue weighted by Gasteiger charge is -2.02. The van der Waals surface area contributed by atoms with E-state index in [-0.39, 0.29) is 5.97 Å². The number of unbranched alkanes of at least 4 members (excludes halogenated alkanes) is 5. The standard InChI is InChI=1S/C14H26O3/c1-3-4-7-10-14(16)11-8-5-6-9-12-17-13(2)15/h10,16H,3-9,11-12H2,1-2H3/b14-10-. The van der Waals surface area contributed by atoms with E-state index < -0.39 is 0 Å². The summed E-state index contributed by atoms with van der Waals surface area (Å²) in [6.45, 7) is 4.10. The first-order chi connectivity index (χ1) is 8.16. The zero-order valence-corrected chi connectivity index (χ0v) is 11.2. The lowest BCUT2D eigenvalue weighted by molar-refractivity contribution is -0.141. The molecule has 0 bridgehead atoms. The maximum Gasteiger partial charge on any atom is 0.302 e. The minimum absolute atomic E-state index is 0.207. The molecule has 0 aromatic carbocycles. The number of rotatable bonds is 10. The van der Waals surface area contributed by atoms with Gasteiger partial charge in [0.15, 0.2) is 0 Å². The van der Waals surface area contributed by atoms with E-state index >= 15 is 0 Å². The van der Waals surface area contributed by atoms with Crippen LogP contribution < -0.4 is 0 Å². The molecule has 100 valence electrons. The Bertz CT molecular complexity index is 222. The van der Waals surface area contributed by atoms with Crippen molar-refractivity contribution in [3.63, 3.8) is 0 Å². The van der Waals surface area contributed by atoms with Gasteiger partial charge in [0, 0.05) is 13.3 Å². The van der Waals surface area contributed by atoms with E-state index in [4.69, 9.17) is 4.74 Å². The van der Waals surface area contributed by atoms with Crippen molar-refractivity contribution in [3.05, 3.63) is 11.8 Å². The summed E-state index contributed by atoms with van der Waals surface area (Å²) in [5.74, 6) is 0.319. The average molecular weight is 242 g/mol. The largest absolute Gasteiger partial charge is 0.513 e. The molecule has 0 rings (SSSR count). The molecule has 0 heterocycles. The lowest BCUT2D eigenvalue weighted by Crippen LogP contribution is -2.00. The molecular weight excluding hydrogens is 216 g/mol. The Balaban J connectivity index is 3.27. The second-order valence-electron chi connectivity index (χ2n) is 4.34. The van der Waals surface area contributed by atoms with Gasteiger partial charge in [-0.3, -0.25) is 4.79 Å². The number of carbonyl (C=O) groups is 1. The Morgan fingerprint density at radius 2 is 1.88 bits per heavy atom. The zero-order chi connectivity index (χ0) is 12.9. The van der Waals surface area contributed by atoms with Crippen LogP contribution in [0.1, 0.15) is 65.2 Å². The maximum absolute atomic E-state index is 10.5. The molecule has 17 heavy (non-hydrogen) atoms. The van der Waals surface area contributed by atoms with E-state index in [1.54, 1.807) is 0 Å². The molecule has 0 aliphatic rings. The van der Waals surface area contributed by atoms with E-state index in [2.05, 4.69) is 6.92 Å². The van der Waals surface area contributed by atoms with E-state index in [1.165, 1.54) is 13.3 Å². The van der Waals surface area contributed by atoms with Crippen LogP contribution in [0.4, 0.5) is 0 Å². The number of hydrogen-bond acceptors (Lipinski definition) is 3. The van der Waals surface area contributed by atoms with Crippen LogP contribution in [0.25, 0.3) is 0 Å². The van der Waals surface area contributed by atoms with Gasteiger partial charge >= 0.3 is 5.97 Å². The summed E-state index contributed by atoms with van der Waals surface area (Å²) < 4.78 is 4.84. The Hall–Kier alpha value is -0.990. The molecule has 0 saturated heterocycles. The molecule has 0 unspecified atom stereocenters. The SMILES string of the molecule is CCCC/C=C(\O)CCCCCCOC(C)=O. The summed E-state index contributed by atoms with van der Waals surface area (Å²) >= 11 is 0. The third kappa shape index (κ3) is 12.9. The average Bonchev–Trinajstić information content (AvgIpc) is 2.28. The predicted molar refractivity (Wildman–Crippen MR) is 70.0 cm³/mol. The quantitative estimate of drug-likeness (QED) is 0.356. The summed E-state index contributed by atoms with van der Waals surface area (Å²) in [4.78, 5) is 10.5. The predicted octanol–water partition coefficient (Wildman–Crippen LogP) is 4.13. The highest BCUT2D eigenvalue weighted by Gasteiger charge is 1.96. The van der Waals surface area contributed by atoms with Gasteiger partial charge in [-0.2, -0.15) is 0 Å². The first-order valence-electron chi connectivity index (χ1n) is 6.68. The number of aliphatic hydroxyl groups is 1. The van der Waals surface area contributed by atoms with Crippen LogP contribution in [0.2, 0.25) is 0 Å². The Labute approximate surface area is 105 Å². The fraction of sp³-hybridized carbons (Fsp3) is 0.786. The second kappa shape index (κ2) is 11.5. The minimum atomic E-state index is -0.207. The van der Waals surface area contributed by atoms with E-state index in [0.29, 0.717) is 12.4 Å². The summed E-state index contributed by atoms with van der Waals surface area (Å²) in [5, 5.41) is 9.54. The van der Waals surface area contributed by atoms with E-state index in [9.17, 15) is 9.90 Å². The molecule has 0 amide bonds. The van der Waals surface area contributed by atoms with Crippen LogP contribution in [-0.2, 0) is 9.53 Å². The fourth-order valence-corrected chi connectivity index (χ4v) is 1.55. The Morgan fingerprint density at radius 3 is 2.53 bits per heavy atom. The number of aliphatic hydroxyl groups excluding tert-OH is 1. The number of carbonyl (C=O) groups excluding carboxylic acids is 1. The summed E-state index contributed by atoms with van der Waals surface area (Å²) in [6.07, 6.45) is 10.1. The molecule has 0 aliphatic heterocycles. The van der Waals surface area contributed by atoms with Crippen molar-refractivity contribution >= 4 is 5.97 Å². The van der Waals surface area contributed by atoms with Crippen molar-refractivity contribution in [2.24, 2.45) is 0 Å². The zero-order valence-electron chi connectivity index (χ0n) is 11.2. The first-order valence-corrected chi connectivity index (χ1v) is 6.68. The van der Waals surface area contributed by atoms with Gasteiger partial charge in [-0.25, -0.2) is 0 Å². The molecule has 0 aliphatic carbocycles. The van der Waals surface area contributed by atoms with Crippen LogP contribution in [0.5, 0.6) is 0 Å². The summed E-state index contributed by atoms with van der Waals surface area (Å²) in [6, 6.07) is 0. The maximum atomic E-state index is 10.5. The van der Waals surface area contributed by atoms with Crippen molar-refractivity contribution in [1.29, 1.82) is 0 Å². The molecule has 0 radical (unpaired) electrons. The molecule has 0 aromatic rings. The van der Waals surface area contributed by atoms with Crippen molar-refractivity contribution in [2.45, 2.75) is 65.2 Å². The van der Waals surface area contributed by atoms with Gasteiger partial charge in [-0.15, -0.1) is 0 Å². The van der Waals surface area contributed by atoms with Crippen molar-refractivity contribution in [3.8, 4) is 0 Å². The number of allylic oxidation sites excluding steroid dienone is 2. The Morgan fingerprint density at radius 1 is 1.18 bits per heavy atom. The van der Waals surface area contributed by atoms with Crippen LogP contribution in [0, 0.1) is 0 Å². The smallest absolute Gasteiger partial charge is 0.302 e. The van der Waals surface area contributed by atoms with Gasteiger partial charge in [0.1, 0.15) is 0 Å². The monoisotopic (exact) mass is 242 g/mol. The van der Waals surface area contributed by atoms with Crippen LogP contribution in [0.15, 0.2) is 11.8 Å². The topological polar surface area (TPSA) is 46.5 Å². The summed E-state index contributed by atoms with van der Waals surface area (Å²) in [5.41, 5.74) is 0. The molecule has 1 N–H and O–H groups in total. The fourth-order valence-electron chi connectivity index (χ4n) is 1.55. The highest BCUT2D eigenvalue weighted by atomic mass is 16.5. The van der Waals surface area contributed by atoms with Gasteiger partial charge < -0.3 is 9.84 Å². The number of hydrogen-bond donors (Lipinski definition) is 1. The third-order valence-electron chi connectivity index (χ3n) is 2.57. The van der Waals surface area contributed by atoms with Crippen molar-refractivity contribution in [1.82, 2.24) is 0 Å². The van der Waals surface area contributed by atoms with E-state index in [0.717, 1.165) is 44.9 Å². The first kappa shape index (κ1) is 16.0. The molecule has 0 atom stereocenters. The molecule has 3 nitrogen and oxygen atoms in total. The molecule has 0 spiro atoms. The molecule has 0 fully saturated rings. The second-order valence-corrected chi connectivity index (χ2v) is 4.34. The molecule has 0 aromatic heterocycles. The normalized spacial score (nSPS) is 11.5. The van der Waals surface area contributed by atoms with Gasteiger partial charge in [0.25, 0.3) is 0 Å². The van der Waals surface area contributed by atoms with Crippen LogP contribution >= 0.6 is 0 Å². The van der Waals surface area contributed by atoms with Gasteiger partial charge in [0.2, 0.25) is 0 Å². The third-order valence-corrected chi connectivity index (χ3v) is 2.57. The Kier molecular flexibility index (Phi) is 10.8. The highest BCUT2D eigenvalue weighted by molar-refractivity contribution is 5.65. The van der Waals surface area contributed by atoms with Crippen molar-refractivity contribution < 1.29 is 14.6 Å². The van der Waals surface area contributed by atoms with Crippen LogP contribution in [-0.4, -0.2) is 17.7 Å². The van der Waals surface area contributed by atoms with E-state index in [1.807, 2.05) is 6.08 Å². The lowest BCUT2D eigenvalue weighted by atomic mass is 10.1. The molecular formula is C14H26O3. The minimum Gasteiger partial charge on any atom is -0.513 e. The summed E-state index contributed by atoms with van der Waals surface area (Å²) in [7, 11) is 0. The van der Waals surface area contributed by atoms with Crippen LogP contribution in [0.3, 0.4) is 0 Å². The van der Waals surface area contributed by atoms with Gasteiger partial charge in [-0.1, -0.05) is 26.2 Å². The van der Waals surface area contributed by atoms with Gasteiger partial charge in [0.05, 0.1) is 12.4 Å². The highest BCUT2D eigenvalue weighted by Crippen LogP contribution is 2.09. The number of esters is 1. The molecule has 0 saturated carbocycles.